The molecule has 1 heterocycles. The molecule has 0 aliphatic rings. The van der Waals surface area contributed by atoms with E-state index >= 15 is 0 Å². The molecule has 0 saturated heterocycles. The lowest BCUT2D eigenvalue weighted by atomic mass is 10.0. The third-order valence-electron chi connectivity index (χ3n) is 3.98. The van der Waals surface area contributed by atoms with Gasteiger partial charge in [-0.25, -0.2) is 4.98 Å². The van der Waals surface area contributed by atoms with Crippen molar-refractivity contribution < 1.29 is 19.1 Å². The number of hydrogen-bond acceptors (Lipinski definition) is 4. The molecule has 1 aromatic heterocycles. The van der Waals surface area contributed by atoms with Crippen molar-refractivity contribution >= 4 is 11.9 Å². The molecule has 2 rings (SSSR count). The summed E-state index contributed by atoms with van der Waals surface area (Å²) in [4.78, 5) is 27.0. The van der Waals surface area contributed by atoms with Gasteiger partial charge in [-0.1, -0.05) is 29.8 Å². The number of carboxylic acid groups (broad SMARTS) is 1. The topological polar surface area (TPSA) is 92.4 Å². The van der Waals surface area contributed by atoms with Crippen molar-refractivity contribution in [3.63, 3.8) is 0 Å². The van der Waals surface area contributed by atoms with Crippen molar-refractivity contribution in [1.29, 1.82) is 0 Å². The Morgan fingerprint density at radius 3 is 2.54 bits per heavy atom. The number of aromatic nitrogens is 1. The van der Waals surface area contributed by atoms with E-state index in [1.165, 1.54) is 5.56 Å². The maximum atomic E-state index is 11.9. The first kappa shape index (κ1) is 17.7. The Morgan fingerprint density at radius 2 is 1.92 bits per heavy atom. The molecule has 0 radical (unpaired) electrons. The molecule has 0 saturated carbocycles. The predicted molar refractivity (Wildman–Crippen MR) is 89.4 cm³/mol. The Balaban J connectivity index is 1.87. The van der Waals surface area contributed by atoms with Crippen molar-refractivity contribution in [2.24, 2.45) is 5.92 Å². The Kier molecular flexibility index (Phi) is 5.73. The molecule has 0 fully saturated rings. The zero-order chi connectivity index (χ0) is 17.7. The van der Waals surface area contributed by atoms with E-state index in [4.69, 9.17) is 9.52 Å². The second kappa shape index (κ2) is 7.77. The van der Waals surface area contributed by atoms with Crippen LogP contribution in [0.15, 0.2) is 34.9 Å². The quantitative estimate of drug-likeness (QED) is 0.814. The van der Waals surface area contributed by atoms with Gasteiger partial charge in [0.1, 0.15) is 0 Å². The van der Waals surface area contributed by atoms with Crippen LogP contribution in [0.2, 0.25) is 0 Å². The molecule has 1 amide bonds. The van der Waals surface area contributed by atoms with Gasteiger partial charge in [-0.3, -0.25) is 9.59 Å². The first-order valence-electron chi connectivity index (χ1n) is 7.90. The predicted octanol–water partition coefficient (Wildman–Crippen LogP) is 2.81. The summed E-state index contributed by atoms with van der Waals surface area (Å²) in [7, 11) is 0. The van der Waals surface area contributed by atoms with Crippen molar-refractivity contribution in [3.05, 3.63) is 41.9 Å². The van der Waals surface area contributed by atoms with Gasteiger partial charge in [-0.05, 0) is 20.8 Å². The van der Waals surface area contributed by atoms with Crippen molar-refractivity contribution in [2.75, 3.05) is 0 Å². The molecule has 2 atom stereocenters. The molecule has 2 unspecified atom stereocenters. The van der Waals surface area contributed by atoms with Gasteiger partial charge < -0.3 is 14.8 Å². The van der Waals surface area contributed by atoms with E-state index in [0.29, 0.717) is 18.1 Å². The number of oxazole rings is 1. The molecule has 2 aromatic rings. The normalized spacial score (nSPS) is 13.3. The highest BCUT2D eigenvalue weighted by atomic mass is 16.4. The Labute approximate surface area is 140 Å². The molecule has 0 spiro atoms. The van der Waals surface area contributed by atoms with Gasteiger partial charge in [0.25, 0.3) is 0 Å². The van der Waals surface area contributed by atoms with E-state index in [1.807, 2.05) is 31.2 Å². The maximum absolute atomic E-state index is 11.9. The summed E-state index contributed by atoms with van der Waals surface area (Å²) in [5.74, 6) is -0.634. The SMILES string of the molecule is Cc1ccc(-c2cnc(CCC(=O)NC(C)C(C)C(=O)O)o2)cc1. The number of amides is 1. The molecular formula is C18H22N2O4. The molecule has 2 N–H and O–H groups in total. The fourth-order valence-electron chi connectivity index (χ4n) is 2.16. The van der Waals surface area contributed by atoms with E-state index in [0.717, 1.165) is 5.56 Å². The number of benzene rings is 1. The van der Waals surface area contributed by atoms with Gasteiger partial charge in [0.15, 0.2) is 11.7 Å². The highest BCUT2D eigenvalue weighted by Gasteiger charge is 2.21. The maximum Gasteiger partial charge on any atom is 0.308 e. The molecule has 6 heteroatoms. The summed E-state index contributed by atoms with van der Waals surface area (Å²) >= 11 is 0. The zero-order valence-corrected chi connectivity index (χ0v) is 14.1. The lowest BCUT2D eigenvalue weighted by molar-refractivity contribution is -0.142. The lowest BCUT2D eigenvalue weighted by Gasteiger charge is -2.17. The van der Waals surface area contributed by atoms with Gasteiger partial charge in [0.05, 0.1) is 12.1 Å². The van der Waals surface area contributed by atoms with E-state index in [-0.39, 0.29) is 12.3 Å². The molecule has 6 nitrogen and oxygen atoms in total. The molecule has 0 aliphatic heterocycles. The van der Waals surface area contributed by atoms with Gasteiger partial charge in [0, 0.05) is 24.4 Å². The first-order valence-corrected chi connectivity index (χ1v) is 7.90. The number of aliphatic carboxylic acids is 1. The zero-order valence-electron chi connectivity index (χ0n) is 14.1. The monoisotopic (exact) mass is 330 g/mol. The summed E-state index contributed by atoms with van der Waals surface area (Å²) < 4.78 is 5.67. The van der Waals surface area contributed by atoms with Gasteiger partial charge in [-0.2, -0.15) is 0 Å². The van der Waals surface area contributed by atoms with Crippen LogP contribution in [0.25, 0.3) is 11.3 Å². The van der Waals surface area contributed by atoms with Gasteiger partial charge >= 0.3 is 5.97 Å². The second-order valence-electron chi connectivity index (χ2n) is 5.97. The number of carbonyl (C=O) groups excluding carboxylic acids is 1. The van der Waals surface area contributed by atoms with E-state index in [1.54, 1.807) is 20.0 Å². The Morgan fingerprint density at radius 1 is 1.25 bits per heavy atom. The molecule has 1 aromatic carbocycles. The summed E-state index contributed by atoms with van der Waals surface area (Å²) in [6.07, 6.45) is 2.21. The molecular weight excluding hydrogens is 308 g/mol. The van der Waals surface area contributed by atoms with Crippen molar-refractivity contribution in [3.8, 4) is 11.3 Å². The first-order chi connectivity index (χ1) is 11.4. The number of carboxylic acids is 1. The van der Waals surface area contributed by atoms with E-state index in [2.05, 4.69) is 10.3 Å². The summed E-state index contributed by atoms with van der Waals surface area (Å²) in [6.45, 7) is 5.26. The molecule has 24 heavy (non-hydrogen) atoms. The summed E-state index contributed by atoms with van der Waals surface area (Å²) in [6, 6.07) is 7.48. The number of aryl methyl sites for hydroxylation is 2. The van der Waals surface area contributed by atoms with Crippen LogP contribution in [0.3, 0.4) is 0 Å². The van der Waals surface area contributed by atoms with Crippen LogP contribution in [0.5, 0.6) is 0 Å². The van der Waals surface area contributed by atoms with Gasteiger partial charge in [-0.15, -0.1) is 0 Å². The van der Waals surface area contributed by atoms with E-state index < -0.39 is 17.9 Å². The van der Waals surface area contributed by atoms with Crippen LogP contribution >= 0.6 is 0 Å². The summed E-state index contributed by atoms with van der Waals surface area (Å²) in [5, 5.41) is 11.6. The van der Waals surface area contributed by atoms with Crippen LogP contribution in [0.1, 0.15) is 31.7 Å². The lowest BCUT2D eigenvalue weighted by Crippen LogP contribution is -2.40. The fraction of sp³-hybridized carbons (Fsp3) is 0.389. The second-order valence-corrected chi connectivity index (χ2v) is 5.97. The average Bonchev–Trinajstić information content (AvgIpc) is 3.01. The number of carbonyl (C=O) groups is 2. The number of nitrogens with zero attached hydrogens (tertiary/aromatic N) is 1. The minimum atomic E-state index is -0.932. The fourth-order valence-corrected chi connectivity index (χ4v) is 2.16. The highest BCUT2D eigenvalue weighted by Crippen LogP contribution is 2.21. The van der Waals surface area contributed by atoms with Crippen molar-refractivity contribution in [2.45, 2.75) is 39.7 Å². The largest absolute Gasteiger partial charge is 0.481 e. The number of nitrogens with one attached hydrogen (secondary N) is 1. The highest BCUT2D eigenvalue weighted by molar-refractivity contribution is 5.78. The minimum Gasteiger partial charge on any atom is -0.481 e. The standard InChI is InChI=1S/C18H22N2O4/c1-11-4-6-14(7-5-11)15-10-19-17(24-15)9-8-16(21)20-13(3)12(2)18(22)23/h4-7,10,12-13H,8-9H2,1-3H3,(H,20,21)(H,22,23). The molecule has 128 valence electrons. The van der Waals surface area contributed by atoms with Crippen molar-refractivity contribution in [1.82, 2.24) is 10.3 Å². The van der Waals surface area contributed by atoms with Crippen LogP contribution in [-0.4, -0.2) is 28.0 Å². The van der Waals surface area contributed by atoms with Crippen LogP contribution in [0, 0.1) is 12.8 Å². The molecule has 0 aliphatic carbocycles. The summed E-state index contributed by atoms with van der Waals surface area (Å²) in [5.41, 5.74) is 2.10. The smallest absolute Gasteiger partial charge is 0.308 e. The third-order valence-corrected chi connectivity index (χ3v) is 3.98. The number of rotatable bonds is 7. The Bertz CT molecular complexity index is 706. The minimum absolute atomic E-state index is 0.199. The number of hydrogen-bond donors (Lipinski definition) is 2. The Hall–Kier alpha value is -2.63. The van der Waals surface area contributed by atoms with E-state index in [9.17, 15) is 9.59 Å². The van der Waals surface area contributed by atoms with Crippen LogP contribution in [0.4, 0.5) is 0 Å². The molecule has 0 bridgehead atoms. The average molecular weight is 330 g/mol. The van der Waals surface area contributed by atoms with Gasteiger partial charge in [0.2, 0.25) is 5.91 Å². The third kappa shape index (κ3) is 4.68. The van der Waals surface area contributed by atoms with Crippen LogP contribution < -0.4 is 5.32 Å². The van der Waals surface area contributed by atoms with Crippen LogP contribution in [-0.2, 0) is 16.0 Å².